The number of nitriles is 1. The normalized spacial score (nSPS) is 21.5. The molecule has 1 aliphatic heterocycles. The van der Waals surface area contributed by atoms with Crippen molar-refractivity contribution in [2.45, 2.75) is 39.0 Å². The predicted molar refractivity (Wildman–Crippen MR) is 83.7 cm³/mol. The lowest BCUT2D eigenvalue weighted by atomic mass is 10.1. The third-order valence-corrected chi connectivity index (χ3v) is 4.23. The molecule has 1 aromatic carbocycles. The van der Waals surface area contributed by atoms with E-state index in [2.05, 4.69) is 16.7 Å². The third kappa shape index (κ3) is 4.26. The summed E-state index contributed by atoms with van der Waals surface area (Å²) >= 11 is 0. The van der Waals surface area contributed by atoms with Gasteiger partial charge in [-0.1, -0.05) is 13.0 Å². The Hall–Kier alpha value is -1.48. The molecule has 0 aromatic heterocycles. The van der Waals surface area contributed by atoms with E-state index in [9.17, 15) is 9.50 Å². The van der Waals surface area contributed by atoms with Crippen molar-refractivity contribution in [3.63, 3.8) is 0 Å². The SMILES string of the molecule is CC[C@@H]1CN(Cc2ccc(C#N)cc2F)CCN1C[C@H](C)O. The minimum absolute atomic E-state index is 0.307. The van der Waals surface area contributed by atoms with Crippen LogP contribution in [0, 0.1) is 17.1 Å². The van der Waals surface area contributed by atoms with Gasteiger partial charge in [0.15, 0.2) is 0 Å². The zero-order valence-corrected chi connectivity index (χ0v) is 13.3. The first kappa shape index (κ1) is 16.9. The van der Waals surface area contributed by atoms with Crippen molar-refractivity contribution in [2.75, 3.05) is 26.2 Å². The number of halogens is 1. The van der Waals surface area contributed by atoms with Crippen LogP contribution >= 0.6 is 0 Å². The molecule has 0 spiro atoms. The monoisotopic (exact) mass is 305 g/mol. The Bertz CT molecular complexity index is 541. The lowest BCUT2D eigenvalue weighted by Crippen LogP contribution is -2.54. The molecule has 0 unspecified atom stereocenters. The van der Waals surface area contributed by atoms with Crippen LogP contribution in [0.15, 0.2) is 18.2 Å². The number of piperazine rings is 1. The molecule has 22 heavy (non-hydrogen) atoms. The van der Waals surface area contributed by atoms with Crippen molar-refractivity contribution < 1.29 is 9.50 Å². The van der Waals surface area contributed by atoms with Crippen LogP contribution in [-0.4, -0.2) is 53.2 Å². The maximum absolute atomic E-state index is 14.0. The van der Waals surface area contributed by atoms with E-state index in [0.717, 1.165) is 26.1 Å². The van der Waals surface area contributed by atoms with Crippen molar-refractivity contribution in [2.24, 2.45) is 0 Å². The lowest BCUT2D eigenvalue weighted by molar-refractivity contribution is 0.0334. The molecular weight excluding hydrogens is 281 g/mol. The van der Waals surface area contributed by atoms with E-state index in [0.29, 0.717) is 30.3 Å². The topological polar surface area (TPSA) is 50.5 Å². The summed E-state index contributed by atoms with van der Waals surface area (Å²) in [5, 5.41) is 18.4. The molecule has 0 saturated carbocycles. The van der Waals surface area contributed by atoms with Gasteiger partial charge in [0.2, 0.25) is 0 Å². The van der Waals surface area contributed by atoms with Gasteiger partial charge in [0.1, 0.15) is 5.82 Å². The van der Waals surface area contributed by atoms with Gasteiger partial charge in [0, 0.05) is 44.3 Å². The molecule has 0 radical (unpaired) electrons. The summed E-state index contributed by atoms with van der Waals surface area (Å²) in [4.78, 5) is 4.56. The molecule has 4 nitrogen and oxygen atoms in total. The van der Waals surface area contributed by atoms with Crippen LogP contribution < -0.4 is 0 Å². The molecule has 0 amide bonds. The maximum atomic E-state index is 14.0. The smallest absolute Gasteiger partial charge is 0.129 e. The average molecular weight is 305 g/mol. The van der Waals surface area contributed by atoms with Crippen LogP contribution in [0.25, 0.3) is 0 Å². The summed E-state index contributed by atoms with van der Waals surface area (Å²) in [5.74, 6) is -0.307. The Morgan fingerprint density at radius 1 is 1.45 bits per heavy atom. The highest BCUT2D eigenvalue weighted by molar-refractivity contribution is 5.32. The van der Waals surface area contributed by atoms with Crippen LogP contribution in [0.1, 0.15) is 31.4 Å². The van der Waals surface area contributed by atoms with Crippen molar-refractivity contribution in [1.29, 1.82) is 5.26 Å². The van der Waals surface area contributed by atoms with Crippen LogP contribution in [0.4, 0.5) is 4.39 Å². The Labute approximate surface area is 131 Å². The van der Waals surface area contributed by atoms with Crippen molar-refractivity contribution >= 4 is 0 Å². The fourth-order valence-corrected chi connectivity index (χ4v) is 3.05. The molecule has 0 aliphatic carbocycles. The Morgan fingerprint density at radius 2 is 2.23 bits per heavy atom. The second-order valence-corrected chi connectivity index (χ2v) is 6.06. The maximum Gasteiger partial charge on any atom is 0.129 e. The van der Waals surface area contributed by atoms with Crippen molar-refractivity contribution in [1.82, 2.24) is 9.80 Å². The zero-order valence-electron chi connectivity index (χ0n) is 13.3. The molecule has 2 atom stereocenters. The molecule has 1 saturated heterocycles. The Kier molecular flexibility index (Phi) is 5.90. The highest BCUT2D eigenvalue weighted by atomic mass is 19.1. The Balaban J connectivity index is 1.99. The molecule has 120 valence electrons. The molecular formula is C17H24FN3O. The van der Waals surface area contributed by atoms with Gasteiger partial charge in [-0.25, -0.2) is 4.39 Å². The fraction of sp³-hybridized carbons (Fsp3) is 0.588. The number of hydrogen-bond donors (Lipinski definition) is 1. The highest BCUT2D eigenvalue weighted by Crippen LogP contribution is 2.18. The number of hydrogen-bond acceptors (Lipinski definition) is 4. The molecule has 1 fully saturated rings. The molecule has 1 heterocycles. The van der Waals surface area contributed by atoms with Crippen molar-refractivity contribution in [3.05, 3.63) is 35.1 Å². The quantitative estimate of drug-likeness (QED) is 0.904. The first-order valence-electron chi connectivity index (χ1n) is 7.86. The molecule has 1 N–H and O–H groups in total. The number of β-amino-alcohol motifs (C(OH)–C–C–N with tert-alkyl or cyclic N) is 1. The van der Waals surface area contributed by atoms with Gasteiger partial charge >= 0.3 is 0 Å². The zero-order chi connectivity index (χ0) is 16.1. The summed E-state index contributed by atoms with van der Waals surface area (Å²) in [5.41, 5.74) is 0.993. The summed E-state index contributed by atoms with van der Waals surface area (Å²) in [6.45, 7) is 7.84. The minimum Gasteiger partial charge on any atom is -0.392 e. The average Bonchev–Trinajstić information content (AvgIpc) is 2.50. The summed E-state index contributed by atoms with van der Waals surface area (Å²) in [7, 11) is 0. The largest absolute Gasteiger partial charge is 0.392 e. The highest BCUT2D eigenvalue weighted by Gasteiger charge is 2.26. The molecule has 1 aromatic rings. The molecule has 1 aliphatic rings. The number of nitrogens with zero attached hydrogens (tertiary/aromatic N) is 3. The van der Waals surface area contributed by atoms with Crippen molar-refractivity contribution in [3.8, 4) is 6.07 Å². The minimum atomic E-state index is -0.323. The first-order chi connectivity index (χ1) is 10.5. The number of rotatable bonds is 5. The second kappa shape index (κ2) is 7.68. The third-order valence-electron chi connectivity index (χ3n) is 4.23. The van der Waals surface area contributed by atoms with Gasteiger partial charge < -0.3 is 5.11 Å². The van der Waals surface area contributed by atoms with Gasteiger partial charge in [0.05, 0.1) is 17.7 Å². The summed E-state index contributed by atoms with van der Waals surface area (Å²) in [6, 6.07) is 7.02. The number of aliphatic hydroxyl groups excluding tert-OH is 1. The van der Waals surface area contributed by atoms with E-state index < -0.39 is 0 Å². The second-order valence-electron chi connectivity index (χ2n) is 6.06. The van der Waals surface area contributed by atoms with E-state index in [1.807, 2.05) is 13.0 Å². The lowest BCUT2D eigenvalue weighted by Gasteiger charge is -2.41. The number of benzene rings is 1. The van der Waals surface area contributed by atoms with E-state index in [4.69, 9.17) is 5.26 Å². The molecule has 2 rings (SSSR count). The summed E-state index contributed by atoms with van der Waals surface area (Å²) < 4.78 is 14.0. The Morgan fingerprint density at radius 3 is 2.82 bits per heavy atom. The van der Waals surface area contributed by atoms with E-state index >= 15 is 0 Å². The van der Waals surface area contributed by atoms with Crippen LogP contribution in [-0.2, 0) is 6.54 Å². The standard InChI is InChI=1S/C17H24FN3O/c1-3-16-12-20(6-7-21(16)10-13(2)22)11-15-5-4-14(9-19)8-17(15)18/h4-5,8,13,16,22H,3,6-7,10-12H2,1-2H3/t13-,16+/m0/s1. The van der Waals surface area contributed by atoms with Gasteiger partial charge in [-0.15, -0.1) is 0 Å². The van der Waals surface area contributed by atoms with E-state index in [1.165, 1.54) is 6.07 Å². The van der Waals surface area contributed by atoms with E-state index in [1.54, 1.807) is 12.1 Å². The fourth-order valence-electron chi connectivity index (χ4n) is 3.05. The van der Waals surface area contributed by atoms with Gasteiger partial charge in [-0.2, -0.15) is 5.26 Å². The van der Waals surface area contributed by atoms with E-state index in [-0.39, 0.29) is 11.9 Å². The van der Waals surface area contributed by atoms with Gasteiger partial charge in [0.25, 0.3) is 0 Å². The van der Waals surface area contributed by atoms with Gasteiger partial charge in [-0.3, -0.25) is 9.80 Å². The number of aliphatic hydroxyl groups is 1. The first-order valence-corrected chi connectivity index (χ1v) is 7.86. The van der Waals surface area contributed by atoms with Crippen LogP contribution in [0.2, 0.25) is 0 Å². The predicted octanol–water partition coefficient (Wildman–Crippen LogP) is 1.97. The summed E-state index contributed by atoms with van der Waals surface area (Å²) in [6.07, 6.45) is 0.690. The van der Waals surface area contributed by atoms with Crippen LogP contribution in [0.3, 0.4) is 0 Å². The van der Waals surface area contributed by atoms with Gasteiger partial charge in [-0.05, 0) is 25.5 Å². The molecule has 5 heteroatoms. The molecule has 0 bridgehead atoms. The van der Waals surface area contributed by atoms with Crippen LogP contribution in [0.5, 0.6) is 0 Å².